The number of nitrogens with zero attached hydrogens (tertiary/aromatic N) is 4. The van der Waals surface area contributed by atoms with E-state index in [2.05, 4.69) is 14.9 Å². The number of fused-ring (bicyclic) bond motifs is 1. The van der Waals surface area contributed by atoms with Gasteiger partial charge < -0.3 is 19.7 Å². The Balaban J connectivity index is 1.24. The van der Waals surface area contributed by atoms with E-state index in [4.69, 9.17) is 0 Å². The Morgan fingerprint density at radius 3 is 2.47 bits per heavy atom. The lowest BCUT2D eigenvalue weighted by atomic mass is 10.1. The van der Waals surface area contributed by atoms with E-state index in [-0.39, 0.29) is 11.8 Å². The van der Waals surface area contributed by atoms with Crippen LogP contribution in [0.2, 0.25) is 0 Å². The fourth-order valence-corrected chi connectivity index (χ4v) is 4.80. The van der Waals surface area contributed by atoms with Crippen LogP contribution >= 0.6 is 0 Å². The fraction of sp³-hybridized carbons (Fsp3) is 0.400. The van der Waals surface area contributed by atoms with Crippen molar-refractivity contribution >= 4 is 28.5 Å². The molecule has 1 aromatic carbocycles. The van der Waals surface area contributed by atoms with Gasteiger partial charge in [-0.3, -0.25) is 9.59 Å². The molecule has 4 heterocycles. The molecule has 0 spiro atoms. The lowest BCUT2D eigenvalue weighted by Gasteiger charge is -2.36. The van der Waals surface area contributed by atoms with Crippen LogP contribution in [0.1, 0.15) is 35.2 Å². The monoisotopic (exact) mass is 431 g/mol. The normalized spacial score (nSPS) is 17.1. The first-order valence-corrected chi connectivity index (χ1v) is 11.5. The number of amides is 2. The molecule has 7 nitrogen and oxygen atoms in total. The van der Waals surface area contributed by atoms with Crippen molar-refractivity contribution in [2.75, 3.05) is 44.2 Å². The highest BCUT2D eigenvalue weighted by Gasteiger charge is 2.27. The molecule has 2 aliphatic heterocycles. The number of carbonyl (C=O) groups excluding carboxylic acids is 2. The number of aromatic amines is 1. The van der Waals surface area contributed by atoms with Gasteiger partial charge >= 0.3 is 0 Å². The van der Waals surface area contributed by atoms with E-state index >= 15 is 0 Å². The van der Waals surface area contributed by atoms with Gasteiger partial charge in [0.15, 0.2) is 0 Å². The van der Waals surface area contributed by atoms with Gasteiger partial charge in [-0.15, -0.1) is 0 Å². The Morgan fingerprint density at radius 1 is 0.875 bits per heavy atom. The van der Waals surface area contributed by atoms with Crippen molar-refractivity contribution in [3.63, 3.8) is 0 Å². The first-order valence-electron chi connectivity index (χ1n) is 11.5. The summed E-state index contributed by atoms with van der Waals surface area (Å²) in [6.45, 7) is 4.27. The molecule has 0 saturated carbocycles. The van der Waals surface area contributed by atoms with Gasteiger partial charge in [-0.05, 0) is 43.0 Å². The lowest BCUT2D eigenvalue weighted by Crippen LogP contribution is -2.50. The van der Waals surface area contributed by atoms with Gasteiger partial charge in [-0.2, -0.15) is 0 Å². The molecule has 32 heavy (non-hydrogen) atoms. The summed E-state index contributed by atoms with van der Waals surface area (Å²) in [5.74, 6) is 0.956. The quantitative estimate of drug-likeness (QED) is 0.689. The number of para-hydroxylation sites is 1. The molecule has 2 amide bonds. The van der Waals surface area contributed by atoms with Crippen molar-refractivity contribution in [2.24, 2.45) is 0 Å². The molecule has 7 heteroatoms. The van der Waals surface area contributed by atoms with Crippen LogP contribution in [-0.2, 0) is 11.2 Å². The van der Waals surface area contributed by atoms with Gasteiger partial charge in [0, 0.05) is 62.6 Å². The van der Waals surface area contributed by atoms with Crippen molar-refractivity contribution in [2.45, 2.75) is 25.7 Å². The maximum absolute atomic E-state index is 13.1. The van der Waals surface area contributed by atoms with Crippen LogP contribution in [-0.4, -0.2) is 70.9 Å². The zero-order valence-electron chi connectivity index (χ0n) is 18.3. The van der Waals surface area contributed by atoms with Crippen LogP contribution in [0.3, 0.4) is 0 Å². The van der Waals surface area contributed by atoms with Crippen LogP contribution < -0.4 is 4.90 Å². The molecule has 2 saturated heterocycles. The van der Waals surface area contributed by atoms with E-state index < -0.39 is 0 Å². The third kappa shape index (κ3) is 4.07. The number of benzene rings is 1. The topological polar surface area (TPSA) is 72.5 Å². The number of H-pyrrole nitrogens is 1. The zero-order valence-corrected chi connectivity index (χ0v) is 18.3. The van der Waals surface area contributed by atoms with E-state index in [1.165, 1.54) is 6.42 Å². The molecule has 2 aliphatic rings. The summed E-state index contributed by atoms with van der Waals surface area (Å²) in [5, 5.41) is 1.11. The minimum atomic E-state index is 0.0747. The number of aromatic nitrogens is 2. The predicted molar refractivity (Wildman–Crippen MR) is 125 cm³/mol. The van der Waals surface area contributed by atoms with E-state index in [0.717, 1.165) is 48.2 Å². The van der Waals surface area contributed by atoms with Gasteiger partial charge in [-0.25, -0.2) is 4.98 Å². The molecule has 0 radical (unpaired) electrons. The Morgan fingerprint density at radius 2 is 1.66 bits per heavy atom. The Hall–Kier alpha value is -3.35. The number of pyridine rings is 1. The largest absolute Gasteiger partial charge is 0.361 e. The number of nitrogens with one attached hydrogen (secondary N) is 1. The molecule has 2 fully saturated rings. The molecule has 0 atom stereocenters. The molecule has 3 aromatic rings. The number of hydrogen-bond donors (Lipinski definition) is 1. The van der Waals surface area contributed by atoms with E-state index in [1.807, 2.05) is 52.4 Å². The Labute approximate surface area is 188 Å². The average molecular weight is 432 g/mol. The Kier molecular flexibility index (Phi) is 5.79. The molecule has 1 N–H and O–H groups in total. The number of anilines is 1. The molecule has 166 valence electrons. The van der Waals surface area contributed by atoms with Crippen LogP contribution in [0.5, 0.6) is 0 Å². The molecule has 5 rings (SSSR count). The first-order chi connectivity index (χ1) is 15.7. The zero-order chi connectivity index (χ0) is 21.9. The van der Waals surface area contributed by atoms with Gasteiger partial charge in [0.05, 0.1) is 12.0 Å². The highest BCUT2D eigenvalue weighted by atomic mass is 16.2. The summed E-state index contributed by atoms with van der Waals surface area (Å²) in [7, 11) is 0. The molecular formula is C25H29N5O2. The Bertz CT molecular complexity index is 1110. The second-order valence-corrected chi connectivity index (χ2v) is 8.63. The molecular weight excluding hydrogens is 402 g/mol. The number of rotatable bonds is 4. The number of piperazine rings is 1. The smallest absolute Gasteiger partial charge is 0.257 e. The maximum Gasteiger partial charge on any atom is 0.257 e. The summed E-state index contributed by atoms with van der Waals surface area (Å²) >= 11 is 0. The number of hydrogen-bond acceptors (Lipinski definition) is 4. The molecule has 0 bridgehead atoms. The third-order valence-corrected chi connectivity index (χ3v) is 6.61. The highest BCUT2D eigenvalue weighted by Crippen LogP contribution is 2.23. The fourth-order valence-electron chi connectivity index (χ4n) is 4.80. The van der Waals surface area contributed by atoms with E-state index in [9.17, 15) is 9.59 Å². The second kappa shape index (κ2) is 9.02. The van der Waals surface area contributed by atoms with Crippen LogP contribution in [0.25, 0.3) is 10.9 Å². The van der Waals surface area contributed by atoms with Crippen LogP contribution in [0.4, 0.5) is 5.82 Å². The SMILES string of the molecule is O=C(Cc1c[nH]c2ccccc12)N1CCN(c2ncccc2C(=O)N2CCCCC2)CC1. The molecule has 2 aromatic heterocycles. The molecule has 0 unspecified atom stereocenters. The highest BCUT2D eigenvalue weighted by molar-refractivity contribution is 5.99. The minimum absolute atomic E-state index is 0.0747. The van der Waals surface area contributed by atoms with Gasteiger partial charge in [-0.1, -0.05) is 18.2 Å². The number of piperidine rings is 1. The summed E-state index contributed by atoms with van der Waals surface area (Å²) in [5.41, 5.74) is 2.77. The minimum Gasteiger partial charge on any atom is -0.361 e. The molecule has 0 aliphatic carbocycles. The summed E-state index contributed by atoms with van der Waals surface area (Å²) < 4.78 is 0. The predicted octanol–water partition coefficient (Wildman–Crippen LogP) is 3.08. The maximum atomic E-state index is 13.1. The van der Waals surface area contributed by atoms with Crippen molar-refractivity contribution in [3.8, 4) is 0 Å². The third-order valence-electron chi connectivity index (χ3n) is 6.61. The van der Waals surface area contributed by atoms with E-state index in [1.54, 1.807) is 6.20 Å². The average Bonchev–Trinajstić information content (AvgIpc) is 3.27. The van der Waals surface area contributed by atoms with Crippen molar-refractivity contribution in [1.82, 2.24) is 19.8 Å². The first kappa shape index (κ1) is 20.5. The van der Waals surface area contributed by atoms with Gasteiger partial charge in [0.1, 0.15) is 5.82 Å². The van der Waals surface area contributed by atoms with Crippen LogP contribution in [0.15, 0.2) is 48.8 Å². The van der Waals surface area contributed by atoms with Crippen molar-refractivity contribution in [1.29, 1.82) is 0 Å². The number of likely N-dealkylation sites (tertiary alicyclic amines) is 1. The van der Waals surface area contributed by atoms with Crippen LogP contribution in [0, 0.1) is 0 Å². The summed E-state index contributed by atoms with van der Waals surface area (Å²) in [4.78, 5) is 39.9. The van der Waals surface area contributed by atoms with E-state index in [0.29, 0.717) is 38.2 Å². The number of carbonyl (C=O) groups is 2. The summed E-state index contributed by atoms with van der Waals surface area (Å²) in [6.07, 6.45) is 7.41. The summed E-state index contributed by atoms with van der Waals surface area (Å²) in [6, 6.07) is 11.8. The van der Waals surface area contributed by atoms with Gasteiger partial charge in [0.25, 0.3) is 5.91 Å². The lowest BCUT2D eigenvalue weighted by molar-refractivity contribution is -0.130. The second-order valence-electron chi connectivity index (χ2n) is 8.63. The standard InChI is InChI=1S/C25H29N5O2/c31-23(17-19-18-27-22-9-3-2-7-20(19)22)28-13-15-29(16-14-28)24-21(8-6-10-26-24)25(32)30-11-4-1-5-12-30/h2-3,6-10,18,27H,1,4-5,11-17H2. The van der Waals surface area contributed by atoms with Gasteiger partial charge in [0.2, 0.25) is 5.91 Å². The van der Waals surface area contributed by atoms with Crippen molar-refractivity contribution in [3.05, 3.63) is 59.9 Å². The van der Waals surface area contributed by atoms with Crippen molar-refractivity contribution < 1.29 is 9.59 Å².